The van der Waals surface area contributed by atoms with E-state index < -0.39 is 0 Å². The van der Waals surface area contributed by atoms with Crippen molar-refractivity contribution >= 4 is 16.8 Å². The third-order valence-corrected chi connectivity index (χ3v) is 4.50. The summed E-state index contributed by atoms with van der Waals surface area (Å²) in [5, 5.41) is 4.32. The fourth-order valence-electron chi connectivity index (χ4n) is 3.11. The highest BCUT2D eigenvalue weighted by atomic mass is 16.2. The number of hydrogen-bond acceptors (Lipinski definition) is 1. The Hall–Kier alpha value is -2.55. The highest BCUT2D eigenvalue weighted by molar-refractivity contribution is 5.91. The maximum atomic E-state index is 11.8. The molecule has 3 heteroatoms. The predicted molar refractivity (Wildman–Crippen MR) is 93.2 cm³/mol. The number of aromatic amines is 1. The number of fused-ring (bicyclic) bond motifs is 1. The molecule has 116 valence electrons. The Morgan fingerprint density at radius 3 is 2.57 bits per heavy atom. The first-order valence-corrected chi connectivity index (χ1v) is 8.25. The van der Waals surface area contributed by atoms with Gasteiger partial charge in [0.1, 0.15) is 0 Å². The van der Waals surface area contributed by atoms with Crippen LogP contribution in [0.25, 0.3) is 22.2 Å². The van der Waals surface area contributed by atoms with Gasteiger partial charge in [0.25, 0.3) is 0 Å². The number of carbonyl (C=O) groups excluding carboxylic acids is 1. The summed E-state index contributed by atoms with van der Waals surface area (Å²) in [6.45, 7) is 0.691. The van der Waals surface area contributed by atoms with Crippen LogP contribution < -0.4 is 5.32 Å². The van der Waals surface area contributed by atoms with Gasteiger partial charge in [-0.3, -0.25) is 4.79 Å². The van der Waals surface area contributed by atoms with Crippen molar-refractivity contribution in [2.45, 2.75) is 19.3 Å². The summed E-state index contributed by atoms with van der Waals surface area (Å²) in [5.41, 5.74) is 4.78. The van der Waals surface area contributed by atoms with E-state index in [0.717, 1.165) is 30.5 Å². The highest BCUT2D eigenvalue weighted by Gasteiger charge is 2.29. The lowest BCUT2D eigenvalue weighted by atomic mass is 10.0. The molecule has 0 saturated heterocycles. The topological polar surface area (TPSA) is 44.9 Å². The molecule has 2 N–H and O–H groups in total. The zero-order valence-corrected chi connectivity index (χ0v) is 13.0. The van der Waals surface area contributed by atoms with Gasteiger partial charge < -0.3 is 10.3 Å². The Labute approximate surface area is 135 Å². The Morgan fingerprint density at radius 1 is 1.04 bits per heavy atom. The molecule has 1 aromatic heterocycles. The molecule has 23 heavy (non-hydrogen) atoms. The van der Waals surface area contributed by atoms with Crippen molar-refractivity contribution in [3.63, 3.8) is 0 Å². The summed E-state index contributed by atoms with van der Waals surface area (Å²) < 4.78 is 0. The minimum Gasteiger partial charge on any atom is -0.356 e. The predicted octanol–water partition coefficient (Wildman–Crippen LogP) is 3.90. The Balaban J connectivity index is 1.64. The van der Waals surface area contributed by atoms with Crippen molar-refractivity contribution < 1.29 is 4.79 Å². The second-order valence-corrected chi connectivity index (χ2v) is 6.21. The second-order valence-electron chi connectivity index (χ2n) is 6.21. The fourth-order valence-corrected chi connectivity index (χ4v) is 3.11. The van der Waals surface area contributed by atoms with Crippen LogP contribution in [0.5, 0.6) is 0 Å². The van der Waals surface area contributed by atoms with Crippen molar-refractivity contribution in [3.8, 4) is 11.3 Å². The van der Waals surface area contributed by atoms with E-state index in [0.29, 0.717) is 6.54 Å². The monoisotopic (exact) mass is 304 g/mol. The zero-order valence-electron chi connectivity index (χ0n) is 13.0. The van der Waals surface area contributed by atoms with Gasteiger partial charge >= 0.3 is 0 Å². The molecule has 0 spiro atoms. The molecule has 4 rings (SSSR count). The largest absolute Gasteiger partial charge is 0.356 e. The summed E-state index contributed by atoms with van der Waals surface area (Å²) >= 11 is 0. The van der Waals surface area contributed by atoms with Crippen LogP contribution in [-0.4, -0.2) is 17.4 Å². The summed E-state index contributed by atoms with van der Waals surface area (Å²) in [6, 6.07) is 18.8. The molecule has 0 aliphatic heterocycles. The van der Waals surface area contributed by atoms with Crippen molar-refractivity contribution in [1.82, 2.24) is 10.3 Å². The minimum absolute atomic E-state index is 0.214. The Kier molecular flexibility index (Phi) is 3.62. The molecule has 1 aliphatic carbocycles. The lowest BCUT2D eigenvalue weighted by Crippen LogP contribution is -2.27. The van der Waals surface area contributed by atoms with Crippen LogP contribution in [0, 0.1) is 5.92 Å². The molecule has 0 unspecified atom stereocenters. The van der Waals surface area contributed by atoms with Crippen LogP contribution in [0.15, 0.2) is 54.6 Å². The van der Waals surface area contributed by atoms with E-state index in [1.54, 1.807) is 0 Å². The van der Waals surface area contributed by atoms with Crippen molar-refractivity contribution in [1.29, 1.82) is 0 Å². The van der Waals surface area contributed by atoms with Crippen LogP contribution >= 0.6 is 0 Å². The molecule has 0 atom stereocenters. The molecule has 1 amide bonds. The van der Waals surface area contributed by atoms with Crippen LogP contribution in [0.2, 0.25) is 0 Å². The lowest BCUT2D eigenvalue weighted by Gasteiger charge is -2.07. The number of amides is 1. The number of benzene rings is 2. The molecule has 3 aromatic rings. The molecule has 3 nitrogen and oxygen atoms in total. The van der Waals surface area contributed by atoms with E-state index in [2.05, 4.69) is 52.8 Å². The van der Waals surface area contributed by atoms with Crippen molar-refractivity contribution in [3.05, 3.63) is 60.2 Å². The summed E-state index contributed by atoms with van der Waals surface area (Å²) in [6.07, 6.45) is 2.94. The number of aromatic nitrogens is 1. The smallest absolute Gasteiger partial charge is 0.223 e. The van der Waals surface area contributed by atoms with Gasteiger partial charge in [0.2, 0.25) is 5.91 Å². The number of hydrogen-bond donors (Lipinski definition) is 2. The normalized spacial score (nSPS) is 14.1. The number of nitrogens with one attached hydrogen (secondary N) is 2. The Morgan fingerprint density at radius 2 is 1.78 bits per heavy atom. The average molecular weight is 304 g/mol. The van der Waals surface area contributed by atoms with Crippen LogP contribution in [0.4, 0.5) is 0 Å². The van der Waals surface area contributed by atoms with E-state index in [-0.39, 0.29) is 11.8 Å². The standard InChI is InChI=1S/C20H20N2O/c23-20(15-10-11-15)21-13-12-17-16-8-4-5-9-18(16)22-19(17)14-6-2-1-3-7-14/h1-9,15,22H,10-13H2,(H,21,23). The van der Waals surface area contributed by atoms with Gasteiger partial charge in [-0.15, -0.1) is 0 Å². The number of carbonyl (C=O) groups is 1. The van der Waals surface area contributed by atoms with Gasteiger partial charge in [-0.1, -0.05) is 48.5 Å². The van der Waals surface area contributed by atoms with Gasteiger partial charge in [-0.25, -0.2) is 0 Å². The molecule has 1 aliphatic rings. The van der Waals surface area contributed by atoms with E-state index in [4.69, 9.17) is 0 Å². The first-order valence-electron chi connectivity index (χ1n) is 8.25. The van der Waals surface area contributed by atoms with Crippen LogP contribution in [-0.2, 0) is 11.2 Å². The molecule has 1 fully saturated rings. The number of H-pyrrole nitrogens is 1. The maximum absolute atomic E-state index is 11.8. The molecule has 1 saturated carbocycles. The maximum Gasteiger partial charge on any atom is 0.223 e. The zero-order chi connectivity index (χ0) is 15.6. The van der Waals surface area contributed by atoms with Gasteiger partial charge in [0.05, 0.1) is 0 Å². The van der Waals surface area contributed by atoms with Crippen molar-refractivity contribution in [2.75, 3.05) is 6.54 Å². The van der Waals surface area contributed by atoms with Crippen molar-refractivity contribution in [2.24, 2.45) is 5.92 Å². The molecular weight excluding hydrogens is 284 g/mol. The lowest BCUT2D eigenvalue weighted by molar-refractivity contribution is -0.122. The summed E-state index contributed by atoms with van der Waals surface area (Å²) in [5.74, 6) is 0.484. The third kappa shape index (κ3) is 2.87. The summed E-state index contributed by atoms with van der Waals surface area (Å²) in [4.78, 5) is 15.4. The van der Waals surface area contributed by atoms with E-state index in [9.17, 15) is 4.79 Å². The quantitative estimate of drug-likeness (QED) is 0.737. The summed E-state index contributed by atoms with van der Waals surface area (Å²) in [7, 11) is 0. The van der Waals surface area contributed by atoms with E-state index in [1.807, 2.05) is 12.1 Å². The first-order chi connectivity index (χ1) is 11.3. The van der Waals surface area contributed by atoms with Gasteiger partial charge in [-0.2, -0.15) is 0 Å². The van der Waals surface area contributed by atoms with Gasteiger partial charge in [0, 0.05) is 29.1 Å². The fraction of sp³-hybridized carbons (Fsp3) is 0.250. The van der Waals surface area contributed by atoms with Gasteiger partial charge in [0.15, 0.2) is 0 Å². The first kappa shape index (κ1) is 14.1. The molecule has 0 bridgehead atoms. The Bertz CT molecular complexity index is 831. The minimum atomic E-state index is 0.214. The second kappa shape index (κ2) is 5.92. The third-order valence-electron chi connectivity index (χ3n) is 4.50. The SMILES string of the molecule is O=C(NCCc1c(-c2ccccc2)[nH]c2ccccc12)C1CC1. The van der Waals surface area contributed by atoms with Gasteiger partial charge in [-0.05, 0) is 36.5 Å². The highest BCUT2D eigenvalue weighted by Crippen LogP contribution is 2.31. The molecular formula is C20H20N2O. The molecule has 2 aromatic carbocycles. The number of para-hydroxylation sites is 1. The van der Waals surface area contributed by atoms with E-state index >= 15 is 0 Å². The molecule has 0 radical (unpaired) electrons. The number of rotatable bonds is 5. The van der Waals surface area contributed by atoms with E-state index in [1.165, 1.54) is 16.5 Å². The van der Waals surface area contributed by atoms with Crippen LogP contribution in [0.3, 0.4) is 0 Å². The average Bonchev–Trinajstić information content (AvgIpc) is 3.38. The van der Waals surface area contributed by atoms with Crippen LogP contribution in [0.1, 0.15) is 18.4 Å². The molecule has 1 heterocycles.